The molecule has 0 bridgehead atoms. The van der Waals surface area contributed by atoms with Crippen LogP contribution in [-0.2, 0) is 28.6 Å². The normalized spacial score (nSPS) is 12.0. The molecule has 0 radical (unpaired) electrons. The van der Waals surface area contributed by atoms with Gasteiger partial charge in [0.15, 0.2) is 6.10 Å². The zero-order chi connectivity index (χ0) is 47.2. The van der Waals surface area contributed by atoms with Gasteiger partial charge in [-0.25, -0.2) is 0 Å². The largest absolute Gasteiger partial charge is 0.462 e. The van der Waals surface area contributed by atoms with Crippen LogP contribution in [0.25, 0.3) is 0 Å². The van der Waals surface area contributed by atoms with Crippen molar-refractivity contribution in [2.45, 2.75) is 335 Å². The lowest BCUT2D eigenvalue weighted by Gasteiger charge is -2.18. The lowest BCUT2D eigenvalue weighted by molar-refractivity contribution is -0.167. The van der Waals surface area contributed by atoms with Crippen molar-refractivity contribution < 1.29 is 28.6 Å². The molecule has 0 heterocycles. The molecule has 0 saturated heterocycles. The van der Waals surface area contributed by atoms with Gasteiger partial charge in [-0.2, -0.15) is 0 Å². The fraction of sp³-hybridized carbons (Fsp3) is 0.915. The summed E-state index contributed by atoms with van der Waals surface area (Å²) in [6.07, 6.45) is 62.6. The highest BCUT2D eigenvalue weighted by Gasteiger charge is 2.19. The highest BCUT2D eigenvalue weighted by atomic mass is 16.6. The first-order valence-corrected chi connectivity index (χ1v) is 29.2. The second-order valence-corrected chi connectivity index (χ2v) is 19.9. The second kappa shape index (κ2) is 54.8. The van der Waals surface area contributed by atoms with Crippen molar-refractivity contribution in [3.63, 3.8) is 0 Å². The van der Waals surface area contributed by atoms with E-state index in [1.165, 1.54) is 225 Å². The number of carbonyl (C=O) groups is 3. The van der Waals surface area contributed by atoms with Gasteiger partial charge in [-0.15, -0.1) is 0 Å². The van der Waals surface area contributed by atoms with E-state index in [9.17, 15) is 14.4 Å². The summed E-state index contributed by atoms with van der Waals surface area (Å²) in [5.41, 5.74) is 0. The molecule has 0 aromatic carbocycles. The van der Waals surface area contributed by atoms with Crippen molar-refractivity contribution in [2.24, 2.45) is 0 Å². The standard InChI is InChI=1S/C59H112O6/c1-4-7-10-13-15-17-19-21-23-25-26-27-28-29-30-31-32-34-35-37-39-41-43-46-49-52-58(61)64-55-56(54-63-57(60)51-48-45-12-9-6-3)65-59(62)53-50-47-44-42-40-38-36-33-24-22-20-18-16-14-11-8-5-2/h22,24,56H,4-21,23,25-55H2,1-3H3/b24-22-. The van der Waals surface area contributed by atoms with Crippen LogP contribution in [-0.4, -0.2) is 37.2 Å². The molecule has 0 aromatic rings. The van der Waals surface area contributed by atoms with E-state index in [4.69, 9.17) is 14.2 Å². The fourth-order valence-corrected chi connectivity index (χ4v) is 8.85. The number of unbranched alkanes of at least 4 members (excludes halogenated alkanes) is 41. The van der Waals surface area contributed by atoms with E-state index in [-0.39, 0.29) is 31.1 Å². The van der Waals surface area contributed by atoms with Crippen LogP contribution in [0.3, 0.4) is 0 Å². The molecule has 0 aliphatic rings. The molecule has 0 amide bonds. The van der Waals surface area contributed by atoms with Crippen LogP contribution < -0.4 is 0 Å². The van der Waals surface area contributed by atoms with Gasteiger partial charge in [-0.3, -0.25) is 14.4 Å². The molecular weight excluding hydrogens is 805 g/mol. The Morgan fingerprint density at radius 2 is 0.508 bits per heavy atom. The summed E-state index contributed by atoms with van der Waals surface area (Å²) in [6.45, 7) is 6.60. The molecule has 1 unspecified atom stereocenters. The topological polar surface area (TPSA) is 78.9 Å². The quantitative estimate of drug-likeness (QED) is 0.0262. The predicted molar refractivity (Wildman–Crippen MR) is 280 cm³/mol. The number of hydrogen-bond acceptors (Lipinski definition) is 6. The average molecular weight is 918 g/mol. The van der Waals surface area contributed by atoms with Gasteiger partial charge in [0.1, 0.15) is 13.2 Å². The first-order valence-electron chi connectivity index (χ1n) is 29.2. The Hall–Kier alpha value is -1.85. The van der Waals surface area contributed by atoms with E-state index in [1.54, 1.807) is 0 Å². The number of esters is 3. The molecule has 0 N–H and O–H groups in total. The SMILES string of the molecule is CCCCCCCC/C=C\CCCCCCCCCC(=O)OC(COC(=O)CCCCCCC)COC(=O)CCCCCCCCCCCCCCCCCCCCCCCCCCC. The van der Waals surface area contributed by atoms with Gasteiger partial charge in [0.2, 0.25) is 0 Å². The molecule has 0 rings (SSSR count). The second-order valence-electron chi connectivity index (χ2n) is 19.9. The number of carbonyl (C=O) groups excluding carboxylic acids is 3. The lowest BCUT2D eigenvalue weighted by atomic mass is 10.0. The maximum Gasteiger partial charge on any atom is 0.306 e. The highest BCUT2D eigenvalue weighted by Crippen LogP contribution is 2.17. The van der Waals surface area contributed by atoms with Gasteiger partial charge >= 0.3 is 17.9 Å². The molecule has 0 fully saturated rings. The smallest absolute Gasteiger partial charge is 0.306 e. The van der Waals surface area contributed by atoms with Crippen LogP contribution in [0.2, 0.25) is 0 Å². The van der Waals surface area contributed by atoms with Crippen LogP contribution in [0, 0.1) is 0 Å². The molecule has 0 aliphatic carbocycles. The minimum atomic E-state index is -0.764. The molecule has 6 nitrogen and oxygen atoms in total. The van der Waals surface area contributed by atoms with Gasteiger partial charge in [0.05, 0.1) is 0 Å². The van der Waals surface area contributed by atoms with E-state index in [0.717, 1.165) is 64.2 Å². The zero-order valence-corrected chi connectivity index (χ0v) is 44.0. The van der Waals surface area contributed by atoms with Crippen LogP contribution in [0.4, 0.5) is 0 Å². The van der Waals surface area contributed by atoms with Gasteiger partial charge in [0, 0.05) is 19.3 Å². The number of ether oxygens (including phenoxy) is 3. The lowest BCUT2D eigenvalue weighted by Crippen LogP contribution is -2.30. The maximum absolute atomic E-state index is 12.8. The predicted octanol–water partition coefficient (Wildman–Crippen LogP) is 19.3. The van der Waals surface area contributed by atoms with Gasteiger partial charge in [-0.05, 0) is 44.9 Å². The number of hydrogen-bond donors (Lipinski definition) is 0. The summed E-state index contributed by atoms with van der Waals surface area (Å²) in [7, 11) is 0. The van der Waals surface area contributed by atoms with E-state index in [2.05, 4.69) is 32.9 Å². The summed E-state index contributed by atoms with van der Waals surface area (Å²) >= 11 is 0. The molecule has 0 aliphatic heterocycles. The Bertz CT molecular complexity index is 1010. The molecule has 1 atom stereocenters. The van der Waals surface area contributed by atoms with Crippen LogP contribution in [0.5, 0.6) is 0 Å². The third kappa shape index (κ3) is 53.0. The monoisotopic (exact) mass is 917 g/mol. The third-order valence-corrected chi connectivity index (χ3v) is 13.3. The van der Waals surface area contributed by atoms with Crippen LogP contribution in [0.15, 0.2) is 12.2 Å². The summed E-state index contributed by atoms with van der Waals surface area (Å²) in [6, 6.07) is 0. The minimum Gasteiger partial charge on any atom is -0.462 e. The fourth-order valence-electron chi connectivity index (χ4n) is 8.85. The highest BCUT2D eigenvalue weighted by molar-refractivity contribution is 5.71. The molecule has 0 aromatic heterocycles. The van der Waals surface area contributed by atoms with E-state index >= 15 is 0 Å². The van der Waals surface area contributed by atoms with E-state index < -0.39 is 6.10 Å². The Labute approximate surface area is 405 Å². The van der Waals surface area contributed by atoms with Gasteiger partial charge in [0.25, 0.3) is 0 Å². The van der Waals surface area contributed by atoms with Crippen LogP contribution in [0.1, 0.15) is 329 Å². The van der Waals surface area contributed by atoms with Crippen molar-refractivity contribution in [3.8, 4) is 0 Å². The molecule has 0 saturated carbocycles. The number of allylic oxidation sites excluding steroid dienone is 2. The van der Waals surface area contributed by atoms with Crippen molar-refractivity contribution in [2.75, 3.05) is 13.2 Å². The van der Waals surface area contributed by atoms with Crippen molar-refractivity contribution in [1.29, 1.82) is 0 Å². The maximum atomic E-state index is 12.8. The van der Waals surface area contributed by atoms with E-state index in [0.29, 0.717) is 19.3 Å². The minimum absolute atomic E-state index is 0.0674. The average Bonchev–Trinajstić information content (AvgIpc) is 3.30. The first-order chi connectivity index (χ1) is 32.0. The zero-order valence-electron chi connectivity index (χ0n) is 44.0. The van der Waals surface area contributed by atoms with Crippen molar-refractivity contribution in [3.05, 3.63) is 12.2 Å². The molecule has 384 valence electrons. The van der Waals surface area contributed by atoms with Gasteiger partial charge < -0.3 is 14.2 Å². The summed E-state index contributed by atoms with van der Waals surface area (Å²) in [4.78, 5) is 37.8. The molecule has 0 spiro atoms. The molecular formula is C59H112O6. The van der Waals surface area contributed by atoms with Crippen molar-refractivity contribution >= 4 is 17.9 Å². The van der Waals surface area contributed by atoms with Crippen LogP contribution >= 0.6 is 0 Å². The summed E-state index contributed by atoms with van der Waals surface area (Å²) in [5.74, 6) is -0.866. The molecule has 6 heteroatoms. The third-order valence-electron chi connectivity index (χ3n) is 13.3. The summed E-state index contributed by atoms with van der Waals surface area (Å²) in [5, 5.41) is 0. The van der Waals surface area contributed by atoms with Crippen molar-refractivity contribution in [1.82, 2.24) is 0 Å². The Balaban J connectivity index is 4.00. The summed E-state index contributed by atoms with van der Waals surface area (Å²) < 4.78 is 16.7. The van der Waals surface area contributed by atoms with E-state index in [1.807, 2.05) is 0 Å². The van der Waals surface area contributed by atoms with Gasteiger partial charge in [-0.1, -0.05) is 277 Å². The Morgan fingerprint density at radius 3 is 0.769 bits per heavy atom. The molecule has 65 heavy (non-hydrogen) atoms. The Kier molecular flexibility index (Phi) is 53.2. The Morgan fingerprint density at radius 1 is 0.292 bits per heavy atom. The first kappa shape index (κ1) is 63.1. The number of rotatable bonds is 54.